The van der Waals surface area contributed by atoms with Crippen LogP contribution in [0.5, 0.6) is 5.75 Å². The van der Waals surface area contributed by atoms with E-state index in [1.54, 1.807) is 18.2 Å². The number of nitrogens with zero attached hydrogens (tertiary/aromatic N) is 1. The standard InChI is InChI=1S/C18H17N3O4/c22-16(19-10-11-24-13-6-2-1-3-7-13)12-25-18(23)17-14-8-4-5-9-15(14)20-21-17/h1-9H,10-12H2,(H,19,22)(H,20,21). The summed E-state index contributed by atoms with van der Waals surface area (Å²) in [6.45, 7) is 0.273. The van der Waals surface area contributed by atoms with Gasteiger partial charge >= 0.3 is 5.97 Å². The van der Waals surface area contributed by atoms with Crippen LogP contribution in [0.25, 0.3) is 10.9 Å². The van der Waals surface area contributed by atoms with E-state index in [9.17, 15) is 9.59 Å². The molecule has 25 heavy (non-hydrogen) atoms. The lowest BCUT2D eigenvalue weighted by molar-refractivity contribution is -0.124. The maximum atomic E-state index is 12.0. The van der Waals surface area contributed by atoms with Gasteiger partial charge in [-0.2, -0.15) is 5.10 Å². The highest BCUT2D eigenvalue weighted by Crippen LogP contribution is 2.15. The number of fused-ring (bicyclic) bond motifs is 1. The molecule has 0 radical (unpaired) electrons. The van der Waals surface area contributed by atoms with E-state index in [4.69, 9.17) is 9.47 Å². The highest BCUT2D eigenvalue weighted by molar-refractivity contribution is 6.02. The molecule has 0 bridgehead atoms. The topological polar surface area (TPSA) is 93.3 Å². The highest BCUT2D eigenvalue weighted by atomic mass is 16.5. The Hall–Kier alpha value is -3.35. The number of ether oxygens (including phenoxy) is 2. The van der Waals surface area contributed by atoms with Crippen LogP contribution in [0.3, 0.4) is 0 Å². The summed E-state index contributed by atoms with van der Waals surface area (Å²) >= 11 is 0. The predicted molar refractivity (Wildman–Crippen MR) is 91.3 cm³/mol. The molecule has 0 saturated carbocycles. The molecule has 0 aliphatic carbocycles. The van der Waals surface area contributed by atoms with Gasteiger partial charge in [-0.05, 0) is 18.2 Å². The molecule has 0 aliphatic heterocycles. The van der Waals surface area contributed by atoms with Crippen LogP contribution in [0.2, 0.25) is 0 Å². The van der Waals surface area contributed by atoms with E-state index in [0.29, 0.717) is 18.5 Å². The first-order valence-electron chi connectivity index (χ1n) is 7.79. The van der Waals surface area contributed by atoms with E-state index in [0.717, 1.165) is 11.3 Å². The second-order valence-corrected chi connectivity index (χ2v) is 5.21. The van der Waals surface area contributed by atoms with Gasteiger partial charge in [-0.25, -0.2) is 4.79 Å². The molecule has 7 heteroatoms. The molecule has 7 nitrogen and oxygen atoms in total. The van der Waals surface area contributed by atoms with Gasteiger partial charge in [0.05, 0.1) is 12.1 Å². The summed E-state index contributed by atoms with van der Waals surface area (Å²) in [6, 6.07) is 16.5. The Labute approximate surface area is 143 Å². The second kappa shape index (κ2) is 7.96. The molecule has 0 saturated heterocycles. The van der Waals surface area contributed by atoms with Gasteiger partial charge in [0.1, 0.15) is 12.4 Å². The third-order valence-electron chi connectivity index (χ3n) is 3.43. The zero-order chi connectivity index (χ0) is 17.5. The maximum absolute atomic E-state index is 12.0. The van der Waals surface area contributed by atoms with Crippen molar-refractivity contribution in [3.63, 3.8) is 0 Å². The Balaban J connectivity index is 1.40. The number of hydrogen-bond donors (Lipinski definition) is 2. The molecule has 0 spiro atoms. The molecule has 1 aromatic heterocycles. The van der Waals surface area contributed by atoms with Crippen molar-refractivity contribution < 1.29 is 19.1 Å². The van der Waals surface area contributed by atoms with Crippen LogP contribution < -0.4 is 10.1 Å². The highest BCUT2D eigenvalue weighted by Gasteiger charge is 2.16. The molecule has 0 fully saturated rings. The smallest absolute Gasteiger partial charge is 0.359 e. The van der Waals surface area contributed by atoms with Crippen molar-refractivity contribution in [2.75, 3.05) is 19.8 Å². The molecule has 0 aliphatic rings. The van der Waals surface area contributed by atoms with Crippen molar-refractivity contribution in [2.45, 2.75) is 0 Å². The van der Waals surface area contributed by atoms with Gasteiger partial charge in [-0.15, -0.1) is 0 Å². The van der Waals surface area contributed by atoms with E-state index in [1.807, 2.05) is 36.4 Å². The van der Waals surface area contributed by atoms with Gasteiger partial charge in [-0.1, -0.05) is 36.4 Å². The number of aromatic nitrogens is 2. The predicted octanol–water partition coefficient (Wildman–Crippen LogP) is 1.91. The lowest BCUT2D eigenvalue weighted by atomic mass is 10.2. The van der Waals surface area contributed by atoms with Crippen molar-refractivity contribution in [1.82, 2.24) is 15.5 Å². The number of hydrogen-bond acceptors (Lipinski definition) is 5. The van der Waals surface area contributed by atoms with E-state index >= 15 is 0 Å². The first-order chi connectivity index (χ1) is 12.2. The van der Waals surface area contributed by atoms with Gasteiger partial charge < -0.3 is 14.8 Å². The van der Waals surface area contributed by atoms with Crippen LogP contribution in [0.15, 0.2) is 54.6 Å². The van der Waals surface area contributed by atoms with Crippen molar-refractivity contribution >= 4 is 22.8 Å². The number of amides is 1. The summed E-state index contributed by atoms with van der Waals surface area (Å²) in [4.78, 5) is 23.7. The van der Waals surface area contributed by atoms with Gasteiger partial charge in [0, 0.05) is 5.39 Å². The number of aromatic amines is 1. The van der Waals surface area contributed by atoms with Crippen molar-refractivity contribution in [2.24, 2.45) is 0 Å². The minimum atomic E-state index is -0.645. The molecule has 0 atom stereocenters. The number of rotatable bonds is 7. The normalized spacial score (nSPS) is 10.4. The van der Waals surface area contributed by atoms with Crippen LogP contribution >= 0.6 is 0 Å². The molecular weight excluding hydrogens is 322 g/mol. The van der Waals surface area contributed by atoms with E-state index < -0.39 is 11.9 Å². The first-order valence-corrected chi connectivity index (χ1v) is 7.79. The zero-order valence-corrected chi connectivity index (χ0v) is 13.4. The van der Waals surface area contributed by atoms with E-state index in [2.05, 4.69) is 15.5 Å². The Bertz CT molecular complexity index is 861. The number of carbonyl (C=O) groups excluding carboxylic acids is 2. The third kappa shape index (κ3) is 4.35. The summed E-state index contributed by atoms with van der Waals surface area (Å²) in [5.74, 6) is -0.313. The minimum Gasteiger partial charge on any atom is -0.492 e. The second-order valence-electron chi connectivity index (χ2n) is 5.21. The Morgan fingerprint density at radius 1 is 1.04 bits per heavy atom. The summed E-state index contributed by atoms with van der Waals surface area (Å²) in [6.07, 6.45) is 0. The average Bonchev–Trinajstić information content (AvgIpc) is 3.08. The number of H-pyrrole nitrogens is 1. The van der Waals surface area contributed by atoms with Gasteiger partial charge in [0.2, 0.25) is 0 Å². The van der Waals surface area contributed by atoms with E-state index in [-0.39, 0.29) is 12.3 Å². The molecule has 2 N–H and O–H groups in total. The lowest BCUT2D eigenvalue weighted by Gasteiger charge is -2.08. The summed E-state index contributed by atoms with van der Waals surface area (Å²) in [7, 11) is 0. The van der Waals surface area contributed by atoms with Gasteiger partial charge in [0.15, 0.2) is 12.3 Å². The van der Waals surface area contributed by atoms with Gasteiger partial charge in [-0.3, -0.25) is 9.89 Å². The van der Waals surface area contributed by atoms with Crippen molar-refractivity contribution in [3.05, 3.63) is 60.3 Å². The SMILES string of the molecule is O=C(COC(=O)c1n[nH]c2ccccc12)NCCOc1ccccc1. The summed E-state index contributed by atoms with van der Waals surface area (Å²) in [5, 5.41) is 9.96. The average molecular weight is 339 g/mol. The number of esters is 1. The maximum Gasteiger partial charge on any atom is 0.359 e. The van der Waals surface area contributed by atoms with Gasteiger partial charge in [0.25, 0.3) is 5.91 Å². The Morgan fingerprint density at radius 2 is 1.80 bits per heavy atom. The summed E-state index contributed by atoms with van der Waals surface area (Å²) in [5.41, 5.74) is 0.896. The number of nitrogens with one attached hydrogen (secondary N) is 2. The van der Waals surface area contributed by atoms with Crippen LogP contribution in [0.4, 0.5) is 0 Å². The fourth-order valence-electron chi connectivity index (χ4n) is 2.25. The Kier molecular flexibility index (Phi) is 5.26. The zero-order valence-electron chi connectivity index (χ0n) is 13.4. The van der Waals surface area contributed by atoms with E-state index in [1.165, 1.54) is 0 Å². The quantitative estimate of drug-likeness (QED) is 0.507. The molecule has 1 amide bonds. The lowest BCUT2D eigenvalue weighted by Crippen LogP contribution is -2.32. The van der Waals surface area contributed by atoms with Crippen LogP contribution in [-0.2, 0) is 9.53 Å². The van der Waals surface area contributed by atoms with Crippen LogP contribution in [0.1, 0.15) is 10.5 Å². The molecule has 128 valence electrons. The molecule has 3 rings (SSSR count). The molecule has 1 heterocycles. The number of benzene rings is 2. The summed E-state index contributed by atoms with van der Waals surface area (Å²) < 4.78 is 10.4. The fourth-order valence-corrected chi connectivity index (χ4v) is 2.25. The molecule has 2 aromatic carbocycles. The molecular formula is C18H17N3O4. The molecule has 3 aromatic rings. The van der Waals surface area contributed by atoms with Crippen molar-refractivity contribution in [1.29, 1.82) is 0 Å². The van der Waals surface area contributed by atoms with Crippen LogP contribution in [0, 0.1) is 0 Å². The number of carbonyl (C=O) groups is 2. The minimum absolute atomic E-state index is 0.163. The molecule has 0 unspecified atom stereocenters. The fraction of sp³-hybridized carbons (Fsp3) is 0.167. The number of para-hydroxylation sites is 2. The Morgan fingerprint density at radius 3 is 2.64 bits per heavy atom. The van der Waals surface area contributed by atoms with Crippen LogP contribution in [-0.4, -0.2) is 41.8 Å². The monoisotopic (exact) mass is 339 g/mol. The first kappa shape index (κ1) is 16.5. The van der Waals surface area contributed by atoms with Crippen molar-refractivity contribution in [3.8, 4) is 5.75 Å². The third-order valence-corrected chi connectivity index (χ3v) is 3.43. The largest absolute Gasteiger partial charge is 0.492 e.